The minimum atomic E-state index is -0.745. The molecule has 3 aromatic rings. The van der Waals surface area contributed by atoms with Gasteiger partial charge in [0.25, 0.3) is 11.8 Å². The van der Waals surface area contributed by atoms with Gasteiger partial charge in [0, 0.05) is 19.2 Å². The molecule has 164 valence electrons. The molecule has 8 nitrogen and oxygen atoms in total. The standard InChI is InChI=1S/C24H24N4O4/c1-26-18-9-5-6-10-21(18)32-15-20(23(26)30)27-12-11-17-19(14-29)28(25-22(17)24(27)31)13-16-7-3-2-4-8-16/h2-10,20,29H,11-15H2,1H3/t20-/m0/s1. The van der Waals surface area contributed by atoms with Crippen LogP contribution in [0.25, 0.3) is 0 Å². The summed E-state index contributed by atoms with van der Waals surface area (Å²) in [5.74, 6) is 0.109. The second kappa shape index (κ2) is 8.12. The maximum absolute atomic E-state index is 13.4. The zero-order chi connectivity index (χ0) is 22.2. The van der Waals surface area contributed by atoms with E-state index in [1.165, 1.54) is 0 Å². The van der Waals surface area contributed by atoms with Crippen molar-refractivity contribution in [3.8, 4) is 5.75 Å². The fraction of sp³-hybridized carbons (Fsp3) is 0.292. The van der Waals surface area contributed by atoms with Gasteiger partial charge in [-0.1, -0.05) is 42.5 Å². The van der Waals surface area contributed by atoms with Crippen molar-refractivity contribution < 1.29 is 19.4 Å². The lowest BCUT2D eigenvalue weighted by atomic mass is 10.0. The number of likely N-dealkylation sites (N-methyl/N-ethyl adjacent to an activating group) is 1. The van der Waals surface area contributed by atoms with Crippen LogP contribution >= 0.6 is 0 Å². The van der Waals surface area contributed by atoms with E-state index in [9.17, 15) is 14.7 Å². The quantitative estimate of drug-likeness (QED) is 0.680. The lowest BCUT2D eigenvalue weighted by Gasteiger charge is -2.33. The van der Waals surface area contributed by atoms with Crippen LogP contribution in [-0.4, -0.2) is 57.8 Å². The van der Waals surface area contributed by atoms with Gasteiger partial charge in [-0.15, -0.1) is 0 Å². The number of nitrogens with zero attached hydrogens (tertiary/aromatic N) is 4. The molecular formula is C24H24N4O4. The summed E-state index contributed by atoms with van der Waals surface area (Å²) < 4.78 is 7.59. The summed E-state index contributed by atoms with van der Waals surface area (Å²) in [5.41, 5.74) is 3.40. The minimum absolute atomic E-state index is 0.0822. The molecular weight excluding hydrogens is 408 g/mol. The van der Waals surface area contributed by atoms with Gasteiger partial charge in [-0.25, -0.2) is 0 Å². The van der Waals surface area contributed by atoms with E-state index in [1.54, 1.807) is 21.5 Å². The summed E-state index contributed by atoms with van der Waals surface area (Å²) in [6, 6.07) is 16.4. The fourth-order valence-electron chi connectivity index (χ4n) is 4.46. The van der Waals surface area contributed by atoms with Gasteiger partial charge in [0.2, 0.25) is 0 Å². The molecule has 0 spiro atoms. The molecule has 0 saturated carbocycles. The first kappa shape index (κ1) is 20.3. The van der Waals surface area contributed by atoms with E-state index in [4.69, 9.17) is 4.74 Å². The van der Waals surface area contributed by atoms with E-state index in [2.05, 4.69) is 5.10 Å². The third-order valence-corrected chi connectivity index (χ3v) is 6.17. The van der Waals surface area contributed by atoms with Crippen molar-refractivity contribution in [2.24, 2.45) is 0 Å². The van der Waals surface area contributed by atoms with Crippen molar-refractivity contribution in [3.05, 3.63) is 77.1 Å². The normalized spacial score (nSPS) is 18.1. The van der Waals surface area contributed by atoms with E-state index in [1.807, 2.05) is 54.6 Å². The van der Waals surface area contributed by atoms with Crippen LogP contribution in [-0.2, 0) is 24.4 Å². The van der Waals surface area contributed by atoms with Crippen LogP contribution in [0.2, 0.25) is 0 Å². The van der Waals surface area contributed by atoms with Crippen molar-refractivity contribution in [1.29, 1.82) is 0 Å². The van der Waals surface area contributed by atoms with Crippen molar-refractivity contribution in [2.75, 3.05) is 25.1 Å². The number of hydrogen-bond acceptors (Lipinski definition) is 5. The molecule has 1 atom stereocenters. The smallest absolute Gasteiger partial charge is 0.275 e. The third-order valence-electron chi connectivity index (χ3n) is 6.17. The van der Waals surface area contributed by atoms with Gasteiger partial charge in [0.05, 0.1) is 24.5 Å². The Hall–Kier alpha value is -3.65. The molecule has 0 aliphatic carbocycles. The maximum atomic E-state index is 13.4. The molecule has 0 radical (unpaired) electrons. The monoisotopic (exact) mass is 432 g/mol. The third kappa shape index (κ3) is 3.33. The highest BCUT2D eigenvalue weighted by molar-refractivity contribution is 6.03. The first-order chi connectivity index (χ1) is 15.6. The Morgan fingerprint density at radius 1 is 1.09 bits per heavy atom. The number of anilines is 1. The van der Waals surface area contributed by atoms with Crippen LogP contribution in [0.3, 0.4) is 0 Å². The molecule has 8 heteroatoms. The number of rotatable bonds is 4. The van der Waals surface area contributed by atoms with Crippen molar-refractivity contribution in [1.82, 2.24) is 14.7 Å². The van der Waals surface area contributed by atoms with Gasteiger partial charge in [0.1, 0.15) is 18.4 Å². The van der Waals surface area contributed by atoms with Crippen LogP contribution in [0.15, 0.2) is 54.6 Å². The molecule has 0 fully saturated rings. The van der Waals surface area contributed by atoms with Gasteiger partial charge < -0.3 is 19.6 Å². The molecule has 1 aromatic heterocycles. The molecule has 3 heterocycles. The van der Waals surface area contributed by atoms with E-state index in [-0.39, 0.29) is 25.0 Å². The molecule has 2 aliphatic heterocycles. The average molecular weight is 432 g/mol. The predicted molar refractivity (Wildman–Crippen MR) is 118 cm³/mol. The first-order valence-corrected chi connectivity index (χ1v) is 10.6. The number of aliphatic hydroxyl groups excluding tert-OH is 1. The summed E-state index contributed by atoms with van der Waals surface area (Å²) in [4.78, 5) is 29.7. The van der Waals surface area contributed by atoms with E-state index >= 15 is 0 Å². The molecule has 0 unspecified atom stereocenters. The number of para-hydroxylation sites is 2. The molecule has 5 rings (SSSR count). The highest BCUT2D eigenvalue weighted by Crippen LogP contribution is 2.32. The van der Waals surface area contributed by atoms with E-state index in [0.717, 1.165) is 11.1 Å². The maximum Gasteiger partial charge on any atom is 0.275 e. The van der Waals surface area contributed by atoms with Crippen LogP contribution < -0.4 is 9.64 Å². The molecule has 32 heavy (non-hydrogen) atoms. The summed E-state index contributed by atoms with van der Waals surface area (Å²) in [7, 11) is 1.70. The molecule has 2 aliphatic rings. The minimum Gasteiger partial charge on any atom is -0.489 e. The highest BCUT2D eigenvalue weighted by Gasteiger charge is 2.40. The van der Waals surface area contributed by atoms with E-state index in [0.29, 0.717) is 42.3 Å². The van der Waals surface area contributed by atoms with Crippen LogP contribution in [0.5, 0.6) is 5.75 Å². The summed E-state index contributed by atoms with van der Waals surface area (Å²) in [5, 5.41) is 14.5. The molecule has 0 bridgehead atoms. The number of fused-ring (bicyclic) bond motifs is 2. The van der Waals surface area contributed by atoms with Crippen molar-refractivity contribution >= 4 is 17.5 Å². The predicted octanol–water partition coefficient (Wildman–Crippen LogP) is 1.85. The van der Waals surface area contributed by atoms with Gasteiger partial charge >= 0.3 is 0 Å². The van der Waals surface area contributed by atoms with Crippen LogP contribution in [0.1, 0.15) is 27.3 Å². The largest absolute Gasteiger partial charge is 0.489 e. The topological polar surface area (TPSA) is 87.9 Å². The summed E-state index contributed by atoms with van der Waals surface area (Å²) in [6.45, 7) is 0.700. The number of aromatic nitrogens is 2. The zero-order valence-electron chi connectivity index (χ0n) is 17.8. The molecule has 2 aromatic carbocycles. The second-order valence-electron chi connectivity index (χ2n) is 8.02. The summed E-state index contributed by atoms with van der Waals surface area (Å²) in [6.07, 6.45) is 0.520. The second-order valence-corrected chi connectivity index (χ2v) is 8.02. The molecule has 2 amide bonds. The van der Waals surface area contributed by atoms with Crippen LogP contribution in [0.4, 0.5) is 5.69 Å². The van der Waals surface area contributed by atoms with E-state index < -0.39 is 6.04 Å². The Balaban J connectivity index is 1.44. The number of hydrogen-bond donors (Lipinski definition) is 1. The number of ether oxygens (including phenoxy) is 1. The highest BCUT2D eigenvalue weighted by atomic mass is 16.5. The Bertz CT molecular complexity index is 1170. The summed E-state index contributed by atoms with van der Waals surface area (Å²) >= 11 is 0. The van der Waals surface area contributed by atoms with Crippen molar-refractivity contribution in [3.63, 3.8) is 0 Å². The van der Waals surface area contributed by atoms with Gasteiger partial charge in [-0.05, 0) is 24.1 Å². The van der Waals surface area contributed by atoms with Crippen molar-refractivity contribution in [2.45, 2.75) is 25.6 Å². The zero-order valence-corrected chi connectivity index (χ0v) is 17.8. The fourth-order valence-corrected chi connectivity index (χ4v) is 4.46. The molecule has 1 N–H and O–H groups in total. The Morgan fingerprint density at radius 2 is 1.84 bits per heavy atom. The number of carbonyl (C=O) groups excluding carboxylic acids is 2. The SMILES string of the molecule is CN1C(=O)[C@@H](N2CCc3c(nn(Cc4ccccc4)c3CO)C2=O)COc2ccccc21. The number of aliphatic hydroxyl groups is 1. The number of benzene rings is 2. The Labute approximate surface area is 185 Å². The van der Waals surface area contributed by atoms with Gasteiger partial charge in [-0.3, -0.25) is 14.3 Å². The van der Waals surface area contributed by atoms with Crippen LogP contribution in [0, 0.1) is 0 Å². The number of amides is 2. The Kier molecular flexibility index (Phi) is 5.14. The molecule has 0 saturated heterocycles. The Morgan fingerprint density at radius 3 is 2.62 bits per heavy atom. The average Bonchev–Trinajstić information content (AvgIpc) is 3.12. The van der Waals surface area contributed by atoms with Gasteiger partial charge in [-0.2, -0.15) is 5.10 Å². The van der Waals surface area contributed by atoms with Gasteiger partial charge in [0.15, 0.2) is 5.69 Å². The number of carbonyl (C=O) groups is 2. The lowest BCUT2D eigenvalue weighted by Crippen LogP contribution is -2.54. The lowest BCUT2D eigenvalue weighted by molar-refractivity contribution is -0.123. The first-order valence-electron chi connectivity index (χ1n) is 10.6.